The van der Waals surface area contributed by atoms with Gasteiger partial charge in [0.25, 0.3) is 0 Å². The van der Waals surface area contributed by atoms with Crippen LogP contribution in [0.1, 0.15) is 25.8 Å². The number of likely N-dealkylation sites (N-methyl/N-ethyl adjacent to an activating group) is 1. The lowest BCUT2D eigenvalue weighted by atomic mass is 10.0. The Bertz CT molecular complexity index is 539. The fraction of sp³-hybridized carbons (Fsp3) is 0.600. The maximum Gasteiger partial charge on any atom is 0.240 e. The summed E-state index contributed by atoms with van der Waals surface area (Å²) in [6.45, 7) is 6.98. The number of hydrogen-bond acceptors (Lipinski definition) is 4. The van der Waals surface area contributed by atoms with Gasteiger partial charge in [0.1, 0.15) is 0 Å². The molecule has 0 fully saturated rings. The summed E-state index contributed by atoms with van der Waals surface area (Å²) in [6, 6.07) is 6.75. The molecule has 1 atom stereocenters. The predicted octanol–water partition coefficient (Wildman–Crippen LogP) is 1.37. The average Bonchev–Trinajstić information content (AvgIpc) is 2.38. The van der Waals surface area contributed by atoms with Crippen molar-refractivity contribution >= 4 is 10.0 Å². The monoisotopic (exact) mass is 314 g/mol. The number of hydrogen-bond donors (Lipinski definition) is 2. The molecule has 6 heteroatoms. The van der Waals surface area contributed by atoms with Crippen LogP contribution in [0.25, 0.3) is 0 Å². The first-order chi connectivity index (χ1) is 9.66. The van der Waals surface area contributed by atoms with Crippen molar-refractivity contribution in [1.82, 2.24) is 9.62 Å². The fourth-order valence-corrected chi connectivity index (χ4v) is 2.97. The van der Waals surface area contributed by atoms with Crippen LogP contribution in [0.2, 0.25) is 0 Å². The van der Waals surface area contributed by atoms with Crippen LogP contribution in [0.3, 0.4) is 0 Å². The number of benzene rings is 1. The Morgan fingerprint density at radius 2 is 1.86 bits per heavy atom. The minimum Gasteiger partial charge on any atom is -0.389 e. The molecular weight excluding hydrogens is 288 g/mol. The minimum absolute atomic E-state index is 0.274. The summed E-state index contributed by atoms with van der Waals surface area (Å²) in [4.78, 5) is 2.19. The lowest BCUT2D eigenvalue weighted by Crippen LogP contribution is -2.41. The Morgan fingerprint density at radius 3 is 2.38 bits per heavy atom. The zero-order chi connectivity index (χ0) is 16.1. The molecule has 0 aliphatic carbocycles. The molecule has 0 radical (unpaired) electrons. The van der Waals surface area contributed by atoms with E-state index in [0.717, 1.165) is 5.56 Å². The van der Waals surface area contributed by atoms with Gasteiger partial charge in [0, 0.05) is 19.6 Å². The zero-order valence-electron chi connectivity index (χ0n) is 13.3. The summed E-state index contributed by atoms with van der Waals surface area (Å²) in [5, 5.41) is 9.98. The Morgan fingerprint density at radius 1 is 1.29 bits per heavy atom. The van der Waals surface area contributed by atoms with E-state index in [9.17, 15) is 13.5 Å². The maximum absolute atomic E-state index is 12.1. The van der Waals surface area contributed by atoms with E-state index in [2.05, 4.69) is 4.72 Å². The van der Waals surface area contributed by atoms with Crippen LogP contribution in [0, 0.1) is 6.92 Å². The third-order valence-electron chi connectivity index (χ3n) is 3.49. The second-order valence-electron chi connectivity index (χ2n) is 5.80. The molecule has 0 spiro atoms. The van der Waals surface area contributed by atoms with Crippen molar-refractivity contribution < 1.29 is 13.5 Å². The van der Waals surface area contributed by atoms with Crippen molar-refractivity contribution in [2.45, 2.75) is 37.7 Å². The third kappa shape index (κ3) is 6.13. The van der Waals surface area contributed by atoms with Gasteiger partial charge in [-0.2, -0.15) is 0 Å². The van der Waals surface area contributed by atoms with Gasteiger partial charge in [-0.05, 0) is 39.4 Å². The Hall–Kier alpha value is -0.950. The molecule has 0 aliphatic rings. The highest BCUT2D eigenvalue weighted by Gasteiger charge is 2.20. The second kappa shape index (κ2) is 7.35. The molecule has 0 saturated carbocycles. The lowest BCUT2D eigenvalue weighted by Gasteiger charge is -2.27. The number of aryl methyl sites for hydroxylation is 1. The summed E-state index contributed by atoms with van der Waals surface area (Å²) in [5.41, 5.74) is 0.278. The van der Waals surface area contributed by atoms with Gasteiger partial charge in [-0.3, -0.25) is 0 Å². The van der Waals surface area contributed by atoms with Gasteiger partial charge in [0.2, 0.25) is 10.0 Å². The van der Waals surface area contributed by atoms with Gasteiger partial charge in [0.05, 0.1) is 10.5 Å². The first kappa shape index (κ1) is 18.1. The molecule has 0 heterocycles. The largest absolute Gasteiger partial charge is 0.389 e. The Labute approximate surface area is 128 Å². The summed E-state index contributed by atoms with van der Waals surface area (Å²) in [7, 11) is -1.60. The molecule has 0 unspecified atom stereocenters. The first-order valence-corrected chi connectivity index (χ1v) is 8.62. The number of nitrogens with zero attached hydrogens (tertiary/aromatic N) is 1. The summed E-state index contributed by atoms with van der Waals surface area (Å²) in [6.07, 6.45) is 0.659. The van der Waals surface area contributed by atoms with Gasteiger partial charge >= 0.3 is 0 Å². The highest BCUT2D eigenvalue weighted by molar-refractivity contribution is 7.89. The molecule has 120 valence electrons. The Balaban J connectivity index is 2.49. The SMILES string of the molecule is CC[C@@](C)(O)CN(C)CCNS(=O)(=O)c1ccc(C)cc1. The molecule has 2 N–H and O–H groups in total. The number of aliphatic hydroxyl groups is 1. The molecule has 0 amide bonds. The van der Waals surface area contributed by atoms with E-state index in [1.807, 2.05) is 25.8 Å². The van der Waals surface area contributed by atoms with E-state index in [0.29, 0.717) is 26.1 Å². The highest BCUT2D eigenvalue weighted by Crippen LogP contribution is 2.11. The van der Waals surface area contributed by atoms with Gasteiger partial charge in [-0.25, -0.2) is 13.1 Å². The Kier molecular flexibility index (Phi) is 6.34. The van der Waals surface area contributed by atoms with E-state index in [-0.39, 0.29) is 4.90 Å². The van der Waals surface area contributed by atoms with Crippen molar-refractivity contribution in [3.63, 3.8) is 0 Å². The van der Waals surface area contributed by atoms with E-state index in [4.69, 9.17) is 0 Å². The second-order valence-corrected chi connectivity index (χ2v) is 7.57. The van der Waals surface area contributed by atoms with Crippen molar-refractivity contribution in [2.75, 3.05) is 26.7 Å². The van der Waals surface area contributed by atoms with Crippen molar-refractivity contribution in [3.8, 4) is 0 Å². The van der Waals surface area contributed by atoms with Crippen LogP contribution in [0.4, 0.5) is 0 Å². The van der Waals surface area contributed by atoms with Crippen LogP contribution in [-0.4, -0.2) is 50.7 Å². The normalized spacial score (nSPS) is 15.1. The molecular formula is C15H26N2O3S. The zero-order valence-corrected chi connectivity index (χ0v) is 14.1. The highest BCUT2D eigenvalue weighted by atomic mass is 32.2. The summed E-state index contributed by atoms with van der Waals surface area (Å²) < 4.78 is 26.8. The van der Waals surface area contributed by atoms with Gasteiger partial charge in [-0.1, -0.05) is 24.6 Å². The smallest absolute Gasteiger partial charge is 0.240 e. The molecule has 0 aromatic heterocycles. The van der Waals surface area contributed by atoms with Crippen LogP contribution in [0.15, 0.2) is 29.2 Å². The topological polar surface area (TPSA) is 69.6 Å². The van der Waals surface area contributed by atoms with Crippen molar-refractivity contribution in [1.29, 1.82) is 0 Å². The number of rotatable bonds is 8. The first-order valence-electron chi connectivity index (χ1n) is 7.13. The quantitative estimate of drug-likeness (QED) is 0.760. The number of sulfonamides is 1. The van der Waals surface area contributed by atoms with E-state index in [1.54, 1.807) is 31.2 Å². The summed E-state index contributed by atoms with van der Waals surface area (Å²) >= 11 is 0. The number of nitrogens with one attached hydrogen (secondary N) is 1. The lowest BCUT2D eigenvalue weighted by molar-refractivity contribution is 0.0243. The maximum atomic E-state index is 12.1. The molecule has 5 nitrogen and oxygen atoms in total. The van der Waals surface area contributed by atoms with E-state index < -0.39 is 15.6 Å². The summed E-state index contributed by atoms with van der Waals surface area (Å²) in [5.74, 6) is 0. The predicted molar refractivity (Wildman–Crippen MR) is 84.8 cm³/mol. The molecule has 21 heavy (non-hydrogen) atoms. The molecule has 0 saturated heterocycles. The average molecular weight is 314 g/mol. The van der Waals surface area contributed by atoms with Crippen LogP contribution in [0.5, 0.6) is 0 Å². The van der Waals surface area contributed by atoms with Crippen LogP contribution in [-0.2, 0) is 10.0 Å². The van der Waals surface area contributed by atoms with Crippen molar-refractivity contribution in [2.24, 2.45) is 0 Å². The van der Waals surface area contributed by atoms with Crippen LogP contribution >= 0.6 is 0 Å². The molecule has 1 aromatic rings. The molecule has 1 aromatic carbocycles. The fourth-order valence-electron chi connectivity index (χ4n) is 1.94. The third-order valence-corrected chi connectivity index (χ3v) is 4.97. The van der Waals surface area contributed by atoms with Gasteiger partial charge in [0.15, 0.2) is 0 Å². The van der Waals surface area contributed by atoms with E-state index in [1.165, 1.54) is 0 Å². The standard InChI is InChI=1S/C15H26N2O3S/c1-5-15(3,18)12-17(4)11-10-16-21(19,20)14-8-6-13(2)7-9-14/h6-9,16,18H,5,10-12H2,1-4H3/t15-/m1/s1. The molecule has 1 rings (SSSR count). The minimum atomic E-state index is -3.46. The van der Waals surface area contributed by atoms with Gasteiger partial charge < -0.3 is 10.0 Å². The van der Waals surface area contributed by atoms with Gasteiger partial charge in [-0.15, -0.1) is 0 Å². The molecule has 0 bridgehead atoms. The van der Waals surface area contributed by atoms with Crippen molar-refractivity contribution in [3.05, 3.63) is 29.8 Å². The van der Waals surface area contributed by atoms with Crippen LogP contribution < -0.4 is 4.72 Å². The molecule has 0 aliphatic heterocycles. The van der Waals surface area contributed by atoms with E-state index >= 15 is 0 Å².